The molecule has 0 fully saturated rings. The zero-order valence-electron chi connectivity index (χ0n) is 12.5. The predicted molar refractivity (Wildman–Crippen MR) is 96.2 cm³/mol. The summed E-state index contributed by atoms with van der Waals surface area (Å²) in [5.41, 5.74) is 0. The number of halogens is 2. The first kappa shape index (κ1) is 21.6. The van der Waals surface area contributed by atoms with Gasteiger partial charge in [-0.15, -0.1) is 0 Å². The van der Waals surface area contributed by atoms with Gasteiger partial charge in [-0.2, -0.15) is 8.42 Å². The van der Waals surface area contributed by atoms with Gasteiger partial charge in [0.15, 0.2) is 10.1 Å². The van der Waals surface area contributed by atoms with Gasteiger partial charge in [-0.25, -0.2) is 28.2 Å². The van der Waals surface area contributed by atoms with Crippen LogP contribution in [0.15, 0.2) is 55.7 Å². The minimum Gasteiger partial charge on any atom is -0.274 e. The fraction of sp³-hybridized carbons (Fsp3) is 0.0833. The number of carbonyl (C=O) groups excluding carboxylic acids is 1. The Bertz CT molecular complexity index is 981. The topological polar surface area (TPSA) is 149 Å². The number of primary sulfonamides is 1. The second-order valence-electron chi connectivity index (χ2n) is 4.30. The highest BCUT2D eigenvalue weighted by atomic mass is 79.9. The minimum atomic E-state index is -3.82. The number of rotatable bonds is 3. The van der Waals surface area contributed by atoms with Gasteiger partial charge in [-0.1, -0.05) is 12.1 Å². The highest BCUT2D eigenvalue weighted by Gasteiger charge is 2.16. The lowest BCUT2D eigenvalue weighted by molar-refractivity contribution is -0.117. The average Bonchev–Trinajstić information content (AvgIpc) is 2.46. The summed E-state index contributed by atoms with van der Waals surface area (Å²) in [6, 6.07) is 8.92. The van der Waals surface area contributed by atoms with Crippen LogP contribution in [0.4, 0.5) is 0 Å². The molecule has 0 bridgehead atoms. The van der Waals surface area contributed by atoms with Gasteiger partial charge in [0.05, 0.1) is 0 Å². The van der Waals surface area contributed by atoms with Gasteiger partial charge in [0.2, 0.25) is 5.91 Å². The Balaban J connectivity index is 0.000000257. The van der Waals surface area contributed by atoms with Crippen LogP contribution >= 0.6 is 31.9 Å². The number of hydrogen-bond acceptors (Lipinski definition) is 7. The van der Waals surface area contributed by atoms with E-state index in [-0.39, 0.29) is 10.1 Å². The maximum atomic E-state index is 11.4. The van der Waals surface area contributed by atoms with Crippen LogP contribution in [0.25, 0.3) is 0 Å². The van der Waals surface area contributed by atoms with E-state index in [1.165, 1.54) is 18.2 Å². The van der Waals surface area contributed by atoms with Crippen molar-refractivity contribution in [3.63, 3.8) is 0 Å². The lowest BCUT2D eigenvalue weighted by Gasteiger charge is -2.03. The second kappa shape index (κ2) is 8.80. The molecule has 2 aromatic heterocycles. The summed E-state index contributed by atoms with van der Waals surface area (Å²) >= 11 is 6.06. The summed E-state index contributed by atoms with van der Waals surface area (Å²) in [7, 11) is -7.49. The molecule has 2 aromatic rings. The molecular formula is C12H12Br2N4O5S2. The molecule has 0 saturated carbocycles. The van der Waals surface area contributed by atoms with Crippen LogP contribution in [0.3, 0.4) is 0 Å². The molecule has 0 spiro atoms. The molecule has 1 amide bonds. The first-order valence-electron chi connectivity index (χ1n) is 6.23. The van der Waals surface area contributed by atoms with Gasteiger partial charge >= 0.3 is 0 Å². The fourth-order valence-electron chi connectivity index (χ4n) is 1.33. The van der Waals surface area contributed by atoms with Crippen LogP contribution in [0.5, 0.6) is 0 Å². The number of nitrogens with two attached hydrogens (primary N) is 1. The standard InChI is InChI=1S/C7H7BrN2O3S.C5H5BrN2O2S/c1-5(11)10-14(12,13)7-4-2-3-6(8)9-7;6-4-2-1-3-5(8-4)11(7,9)10/h2-4H,1H3,(H,10,11);1-3H,(H2,7,9,10). The smallest absolute Gasteiger partial charge is 0.274 e. The normalized spacial score (nSPS) is 11.2. The Morgan fingerprint density at radius 3 is 1.76 bits per heavy atom. The Kier molecular flexibility index (Phi) is 7.62. The lowest BCUT2D eigenvalue weighted by Crippen LogP contribution is -2.28. The largest absolute Gasteiger partial charge is 0.281 e. The van der Waals surface area contributed by atoms with Crippen LogP contribution in [0, 0.1) is 0 Å². The summed E-state index contributed by atoms with van der Waals surface area (Å²) in [5, 5.41) is 4.49. The molecule has 25 heavy (non-hydrogen) atoms. The van der Waals surface area contributed by atoms with Crippen molar-refractivity contribution < 1.29 is 21.6 Å². The van der Waals surface area contributed by atoms with E-state index in [9.17, 15) is 21.6 Å². The van der Waals surface area contributed by atoms with Gasteiger partial charge < -0.3 is 0 Å². The van der Waals surface area contributed by atoms with Crippen molar-refractivity contribution in [3.8, 4) is 0 Å². The predicted octanol–water partition coefficient (Wildman–Crippen LogP) is 1.16. The number of nitrogens with one attached hydrogen (secondary N) is 1. The monoisotopic (exact) mass is 514 g/mol. The van der Waals surface area contributed by atoms with Gasteiger partial charge in [0.25, 0.3) is 20.0 Å². The molecule has 0 unspecified atom stereocenters. The van der Waals surface area contributed by atoms with E-state index >= 15 is 0 Å². The third-order valence-electron chi connectivity index (χ3n) is 2.22. The molecule has 0 saturated heterocycles. The molecule has 9 nitrogen and oxygen atoms in total. The van der Waals surface area contributed by atoms with Crippen LogP contribution in [-0.4, -0.2) is 32.7 Å². The molecule has 136 valence electrons. The van der Waals surface area contributed by atoms with Crippen molar-refractivity contribution in [3.05, 3.63) is 45.6 Å². The number of sulfonamides is 2. The van der Waals surface area contributed by atoms with Gasteiger partial charge in [-0.3, -0.25) is 4.79 Å². The van der Waals surface area contributed by atoms with Crippen molar-refractivity contribution in [1.82, 2.24) is 14.7 Å². The number of amides is 1. The summed E-state index contributed by atoms with van der Waals surface area (Å²) in [6.45, 7) is 1.12. The van der Waals surface area contributed by atoms with Crippen LogP contribution in [0.2, 0.25) is 0 Å². The van der Waals surface area contributed by atoms with E-state index in [2.05, 4.69) is 41.8 Å². The summed E-state index contributed by atoms with van der Waals surface area (Å²) in [5.74, 6) is -0.647. The van der Waals surface area contributed by atoms with Gasteiger partial charge in [-0.05, 0) is 56.1 Å². The SMILES string of the molecule is CC(=O)NS(=O)(=O)c1cccc(Br)n1.NS(=O)(=O)c1cccc(Br)n1. The minimum absolute atomic E-state index is 0.133. The molecule has 0 aliphatic heterocycles. The third kappa shape index (κ3) is 7.56. The molecule has 0 aliphatic rings. The van der Waals surface area contributed by atoms with Gasteiger partial charge in [0.1, 0.15) is 9.21 Å². The maximum Gasteiger partial charge on any atom is 0.281 e. The zero-order valence-corrected chi connectivity index (χ0v) is 17.4. The number of carbonyl (C=O) groups is 1. The first-order chi connectivity index (χ1) is 11.4. The van der Waals surface area contributed by atoms with E-state index in [1.807, 2.05) is 4.72 Å². The number of aromatic nitrogens is 2. The number of pyridine rings is 2. The molecule has 0 atom stereocenters. The van der Waals surface area contributed by atoms with Crippen molar-refractivity contribution >= 4 is 57.8 Å². The summed E-state index contributed by atoms with van der Waals surface area (Å²) in [6.07, 6.45) is 0. The average molecular weight is 516 g/mol. The van der Waals surface area contributed by atoms with E-state index in [1.54, 1.807) is 18.2 Å². The number of nitrogens with zero attached hydrogens (tertiary/aromatic N) is 2. The van der Waals surface area contributed by atoms with Crippen LogP contribution in [0.1, 0.15) is 6.92 Å². The van der Waals surface area contributed by atoms with Gasteiger partial charge in [0, 0.05) is 6.92 Å². The molecule has 3 N–H and O–H groups in total. The van der Waals surface area contributed by atoms with Crippen molar-refractivity contribution in [1.29, 1.82) is 0 Å². The van der Waals surface area contributed by atoms with Crippen molar-refractivity contribution in [2.24, 2.45) is 5.14 Å². The Morgan fingerprint density at radius 1 is 0.960 bits per heavy atom. The molecule has 0 aliphatic carbocycles. The van der Waals surface area contributed by atoms with E-state index in [4.69, 9.17) is 5.14 Å². The summed E-state index contributed by atoms with van der Waals surface area (Å²) in [4.78, 5) is 17.9. The lowest BCUT2D eigenvalue weighted by atomic mass is 10.5. The number of hydrogen-bond donors (Lipinski definition) is 2. The van der Waals surface area contributed by atoms with Crippen molar-refractivity contribution in [2.45, 2.75) is 17.0 Å². The Hall–Kier alpha value is -1.41. The molecular weight excluding hydrogens is 504 g/mol. The molecule has 2 heterocycles. The fourth-order valence-corrected chi connectivity index (χ4v) is 3.70. The van der Waals surface area contributed by atoms with Crippen LogP contribution in [-0.2, 0) is 24.8 Å². The highest BCUT2D eigenvalue weighted by Crippen LogP contribution is 2.10. The van der Waals surface area contributed by atoms with E-state index < -0.39 is 26.0 Å². The maximum absolute atomic E-state index is 11.4. The molecule has 13 heteroatoms. The molecule has 0 radical (unpaired) electrons. The third-order valence-corrected chi connectivity index (χ3v) is 5.25. The second-order valence-corrected chi connectivity index (χ2v) is 9.07. The molecule has 2 rings (SSSR count). The Labute approximate surface area is 161 Å². The quantitative estimate of drug-likeness (QED) is 0.582. The van der Waals surface area contributed by atoms with E-state index in [0.717, 1.165) is 6.92 Å². The van der Waals surface area contributed by atoms with Crippen LogP contribution < -0.4 is 9.86 Å². The zero-order chi connectivity index (χ0) is 19.3. The van der Waals surface area contributed by atoms with E-state index in [0.29, 0.717) is 9.21 Å². The Morgan fingerprint density at radius 2 is 1.40 bits per heavy atom. The summed E-state index contributed by atoms with van der Waals surface area (Å²) < 4.78 is 46.8. The molecule has 0 aromatic carbocycles. The highest BCUT2D eigenvalue weighted by molar-refractivity contribution is 9.10. The first-order valence-corrected chi connectivity index (χ1v) is 10.8. The van der Waals surface area contributed by atoms with Crippen molar-refractivity contribution in [2.75, 3.05) is 0 Å².